The zero-order valence-corrected chi connectivity index (χ0v) is 14.2. The molecule has 0 aliphatic rings. The zero-order chi connectivity index (χ0) is 15.9. The van der Waals surface area contributed by atoms with Crippen molar-refractivity contribution in [1.82, 2.24) is 5.32 Å². The molecule has 2 aromatic carbocycles. The molecule has 0 amide bonds. The van der Waals surface area contributed by atoms with Gasteiger partial charge in [-0.2, -0.15) is 0 Å². The van der Waals surface area contributed by atoms with Crippen LogP contribution >= 0.6 is 11.6 Å². The van der Waals surface area contributed by atoms with E-state index in [2.05, 4.69) is 43.4 Å². The van der Waals surface area contributed by atoms with E-state index in [1.54, 1.807) is 7.11 Å². The Morgan fingerprint density at radius 3 is 2.45 bits per heavy atom. The molecule has 2 aromatic rings. The van der Waals surface area contributed by atoms with E-state index in [0.29, 0.717) is 12.0 Å². The average Bonchev–Trinajstić information content (AvgIpc) is 2.55. The highest BCUT2D eigenvalue weighted by Gasteiger charge is 2.08. The fourth-order valence-electron chi connectivity index (χ4n) is 2.50. The van der Waals surface area contributed by atoms with Gasteiger partial charge in [0.15, 0.2) is 0 Å². The van der Waals surface area contributed by atoms with Crippen molar-refractivity contribution < 1.29 is 4.74 Å². The number of hydrogen-bond donors (Lipinski definition) is 1. The highest BCUT2D eigenvalue weighted by Crippen LogP contribution is 2.22. The van der Waals surface area contributed by atoms with E-state index < -0.39 is 0 Å². The first-order chi connectivity index (χ1) is 10.6. The van der Waals surface area contributed by atoms with Crippen LogP contribution in [-0.2, 0) is 0 Å². The predicted molar refractivity (Wildman–Crippen MR) is 93.9 cm³/mol. The van der Waals surface area contributed by atoms with Gasteiger partial charge in [0.05, 0.1) is 7.11 Å². The normalized spacial score (nSPS) is 13.6. The van der Waals surface area contributed by atoms with Gasteiger partial charge in [-0.05, 0) is 61.2 Å². The molecule has 0 aliphatic carbocycles. The van der Waals surface area contributed by atoms with Crippen LogP contribution in [0.2, 0.25) is 5.02 Å². The highest BCUT2D eigenvalue weighted by atomic mass is 35.5. The quantitative estimate of drug-likeness (QED) is 0.758. The van der Waals surface area contributed by atoms with Gasteiger partial charge in [-0.25, -0.2) is 0 Å². The smallest absolute Gasteiger partial charge is 0.119 e. The third kappa shape index (κ3) is 4.75. The molecule has 0 aliphatic heterocycles. The Balaban J connectivity index is 1.83. The number of rotatable bonds is 7. The van der Waals surface area contributed by atoms with Gasteiger partial charge in [-0.1, -0.05) is 42.8 Å². The fraction of sp³-hybridized carbons (Fsp3) is 0.368. The molecule has 2 atom stereocenters. The minimum Gasteiger partial charge on any atom is -0.497 e. The maximum absolute atomic E-state index is 5.93. The SMILES string of the molecule is COc1cccc([C@H](C)NCC[C@H](C)c2ccc(Cl)cc2)c1. The molecule has 22 heavy (non-hydrogen) atoms. The maximum atomic E-state index is 5.93. The largest absolute Gasteiger partial charge is 0.497 e. The lowest BCUT2D eigenvalue weighted by Crippen LogP contribution is -2.21. The summed E-state index contributed by atoms with van der Waals surface area (Å²) in [6.45, 7) is 5.41. The van der Waals surface area contributed by atoms with Gasteiger partial charge >= 0.3 is 0 Å². The molecular weight excluding hydrogens is 294 g/mol. The van der Waals surface area contributed by atoms with E-state index in [0.717, 1.165) is 23.7 Å². The van der Waals surface area contributed by atoms with Crippen molar-refractivity contribution in [2.75, 3.05) is 13.7 Å². The summed E-state index contributed by atoms with van der Waals surface area (Å²) >= 11 is 5.93. The second-order valence-corrected chi connectivity index (χ2v) is 6.13. The molecule has 2 nitrogen and oxygen atoms in total. The number of ether oxygens (including phenoxy) is 1. The Bertz CT molecular complexity index is 582. The van der Waals surface area contributed by atoms with Crippen LogP contribution in [0.25, 0.3) is 0 Å². The van der Waals surface area contributed by atoms with Gasteiger partial charge in [0.25, 0.3) is 0 Å². The molecule has 0 saturated carbocycles. The maximum Gasteiger partial charge on any atom is 0.119 e. The second-order valence-electron chi connectivity index (χ2n) is 5.69. The molecule has 0 heterocycles. The van der Waals surface area contributed by atoms with E-state index >= 15 is 0 Å². The summed E-state index contributed by atoms with van der Waals surface area (Å²) in [5, 5.41) is 4.37. The molecule has 1 N–H and O–H groups in total. The van der Waals surface area contributed by atoms with Crippen LogP contribution in [-0.4, -0.2) is 13.7 Å². The van der Waals surface area contributed by atoms with E-state index in [1.165, 1.54) is 11.1 Å². The van der Waals surface area contributed by atoms with Gasteiger partial charge < -0.3 is 10.1 Å². The van der Waals surface area contributed by atoms with Gasteiger partial charge in [-0.15, -0.1) is 0 Å². The third-order valence-corrected chi connectivity index (χ3v) is 4.31. The molecule has 0 bridgehead atoms. The summed E-state index contributed by atoms with van der Waals surface area (Å²) in [6, 6.07) is 16.7. The summed E-state index contributed by atoms with van der Waals surface area (Å²) in [4.78, 5) is 0. The first-order valence-corrected chi connectivity index (χ1v) is 8.10. The first kappa shape index (κ1) is 16.9. The van der Waals surface area contributed by atoms with Gasteiger partial charge in [0, 0.05) is 11.1 Å². The summed E-state index contributed by atoms with van der Waals surface area (Å²) in [5.74, 6) is 1.42. The number of hydrogen-bond acceptors (Lipinski definition) is 2. The molecule has 2 rings (SSSR count). The van der Waals surface area contributed by atoms with Crippen molar-refractivity contribution in [3.05, 3.63) is 64.7 Å². The molecule has 3 heteroatoms. The monoisotopic (exact) mass is 317 g/mol. The van der Waals surface area contributed by atoms with Crippen molar-refractivity contribution in [1.29, 1.82) is 0 Å². The summed E-state index contributed by atoms with van der Waals surface area (Å²) in [7, 11) is 1.70. The van der Waals surface area contributed by atoms with Crippen molar-refractivity contribution in [3.8, 4) is 5.75 Å². The Morgan fingerprint density at radius 2 is 1.77 bits per heavy atom. The first-order valence-electron chi connectivity index (χ1n) is 7.73. The van der Waals surface area contributed by atoms with Crippen LogP contribution in [0.5, 0.6) is 5.75 Å². The molecule has 0 saturated heterocycles. The number of benzene rings is 2. The molecular formula is C19H24ClNO. The van der Waals surface area contributed by atoms with Crippen molar-refractivity contribution >= 4 is 11.6 Å². The second kappa shape index (κ2) is 8.21. The van der Waals surface area contributed by atoms with E-state index in [-0.39, 0.29) is 0 Å². The Kier molecular flexibility index (Phi) is 6.29. The van der Waals surface area contributed by atoms with Crippen molar-refractivity contribution in [2.45, 2.75) is 32.2 Å². The lowest BCUT2D eigenvalue weighted by molar-refractivity contribution is 0.413. The van der Waals surface area contributed by atoms with Gasteiger partial charge in [0.1, 0.15) is 5.75 Å². The third-order valence-electron chi connectivity index (χ3n) is 4.06. The van der Waals surface area contributed by atoms with E-state index in [9.17, 15) is 0 Å². The standard InChI is InChI=1S/C19H24ClNO/c1-14(16-7-9-18(20)10-8-16)11-12-21-15(2)17-5-4-6-19(13-17)22-3/h4-10,13-15,21H,11-12H2,1-3H3/t14-,15-/m0/s1. The lowest BCUT2D eigenvalue weighted by atomic mass is 9.97. The average molecular weight is 318 g/mol. The molecule has 0 radical (unpaired) electrons. The van der Waals surface area contributed by atoms with Gasteiger partial charge in [-0.3, -0.25) is 0 Å². The van der Waals surface area contributed by atoms with Crippen LogP contribution in [0.1, 0.15) is 43.4 Å². The molecule has 0 spiro atoms. The topological polar surface area (TPSA) is 21.3 Å². The van der Waals surface area contributed by atoms with Crippen molar-refractivity contribution in [2.24, 2.45) is 0 Å². The number of halogens is 1. The van der Waals surface area contributed by atoms with Gasteiger partial charge in [0.2, 0.25) is 0 Å². The Hall–Kier alpha value is -1.51. The van der Waals surface area contributed by atoms with Crippen LogP contribution in [0.15, 0.2) is 48.5 Å². The summed E-state index contributed by atoms with van der Waals surface area (Å²) in [5.41, 5.74) is 2.58. The lowest BCUT2D eigenvalue weighted by Gasteiger charge is -2.17. The fourth-order valence-corrected chi connectivity index (χ4v) is 2.63. The molecule has 0 aromatic heterocycles. The van der Waals surface area contributed by atoms with Crippen LogP contribution in [0.4, 0.5) is 0 Å². The van der Waals surface area contributed by atoms with E-state index in [1.807, 2.05) is 24.3 Å². The van der Waals surface area contributed by atoms with Crippen LogP contribution < -0.4 is 10.1 Å². The molecule has 0 unspecified atom stereocenters. The zero-order valence-electron chi connectivity index (χ0n) is 13.5. The minimum atomic E-state index is 0.313. The minimum absolute atomic E-state index is 0.313. The summed E-state index contributed by atoms with van der Waals surface area (Å²) in [6.07, 6.45) is 1.09. The molecule has 0 fully saturated rings. The number of nitrogens with one attached hydrogen (secondary N) is 1. The summed E-state index contributed by atoms with van der Waals surface area (Å²) < 4.78 is 5.28. The Morgan fingerprint density at radius 1 is 1.05 bits per heavy atom. The van der Waals surface area contributed by atoms with Crippen LogP contribution in [0, 0.1) is 0 Å². The van der Waals surface area contributed by atoms with Crippen molar-refractivity contribution in [3.63, 3.8) is 0 Å². The van der Waals surface area contributed by atoms with Crippen LogP contribution in [0.3, 0.4) is 0 Å². The highest BCUT2D eigenvalue weighted by molar-refractivity contribution is 6.30. The predicted octanol–water partition coefficient (Wildman–Crippen LogP) is 5.19. The van der Waals surface area contributed by atoms with E-state index in [4.69, 9.17) is 16.3 Å². The Labute approximate surface area is 138 Å². The number of methoxy groups -OCH3 is 1. The molecule has 118 valence electrons.